The van der Waals surface area contributed by atoms with Crippen LogP contribution in [0.1, 0.15) is 18.1 Å². The summed E-state index contributed by atoms with van der Waals surface area (Å²) in [6.45, 7) is 2.28. The molecule has 156 valence electrons. The van der Waals surface area contributed by atoms with E-state index in [1.807, 2.05) is 37.3 Å². The van der Waals surface area contributed by atoms with Gasteiger partial charge in [0.15, 0.2) is 18.1 Å². The van der Waals surface area contributed by atoms with Crippen molar-refractivity contribution in [2.75, 3.05) is 19.8 Å². The van der Waals surface area contributed by atoms with Gasteiger partial charge in [0.05, 0.1) is 11.5 Å². The highest BCUT2D eigenvalue weighted by molar-refractivity contribution is 8.18. The number of benzene rings is 2. The second-order valence-electron chi connectivity index (χ2n) is 6.46. The lowest BCUT2D eigenvalue weighted by atomic mass is 10.1. The lowest BCUT2D eigenvalue weighted by Gasteiger charge is -2.12. The van der Waals surface area contributed by atoms with Crippen molar-refractivity contribution in [3.8, 4) is 11.5 Å². The Morgan fingerprint density at radius 2 is 1.87 bits per heavy atom. The van der Waals surface area contributed by atoms with Gasteiger partial charge in [0.1, 0.15) is 0 Å². The van der Waals surface area contributed by atoms with E-state index in [1.54, 1.807) is 24.3 Å². The summed E-state index contributed by atoms with van der Waals surface area (Å²) in [4.78, 5) is 37.6. The molecule has 2 aromatic carbocycles. The predicted octanol–water partition coefficient (Wildman–Crippen LogP) is 3.23. The molecule has 0 unspecified atom stereocenters. The van der Waals surface area contributed by atoms with Crippen LogP contribution in [0.15, 0.2) is 53.4 Å². The summed E-state index contributed by atoms with van der Waals surface area (Å²) in [5, 5.41) is -0.284. The largest absolute Gasteiger partial charge is 0.490 e. The van der Waals surface area contributed by atoms with Crippen molar-refractivity contribution in [1.29, 1.82) is 0 Å². The molecule has 1 saturated heterocycles. The number of imide groups is 1. The summed E-state index contributed by atoms with van der Waals surface area (Å²) < 4.78 is 10.9. The van der Waals surface area contributed by atoms with Crippen LogP contribution in [-0.4, -0.2) is 41.7 Å². The van der Waals surface area contributed by atoms with Gasteiger partial charge in [0.25, 0.3) is 17.1 Å². The molecule has 30 heavy (non-hydrogen) atoms. The zero-order chi connectivity index (χ0) is 21.5. The van der Waals surface area contributed by atoms with Crippen LogP contribution in [0.25, 0.3) is 6.08 Å². The Kier molecular flexibility index (Phi) is 7.13. The van der Waals surface area contributed by atoms with E-state index in [2.05, 4.69) is 0 Å². The molecule has 0 atom stereocenters. The van der Waals surface area contributed by atoms with Crippen molar-refractivity contribution in [1.82, 2.24) is 4.90 Å². The lowest BCUT2D eigenvalue weighted by molar-refractivity contribution is -0.122. The summed E-state index contributed by atoms with van der Waals surface area (Å²) in [5.74, 6) is -0.0989. The van der Waals surface area contributed by atoms with Gasteiger partial charge in [-0.25, -0.2) is 0 Å². The number of hydrogen-bond donors (Lipinski definition) is 1. The Morgan fingerprint density at radius 1 is 1.10 bits per heavy atom. The van der Waals surface area contributed by atoms with Crippen LogP contribution in [0, 0.1) is 0 Å². The Bertz CT molecular complexity index is 975. The molecule has 0 spiro atoms. The Balaban J connectivity index is 1.74. The zero-order valence-electron chi connectivity index (χ0n) is 16.5. The zero-order valence-corrected chi connectivity index (χ0v) is 17.3. The first-order valence-electron chi connectivity index (χ1n) is 9.45. The average molecular weight is 426 g/mol. The van der Waals surface area contributed by atoms with Gasteiger partial charge in [0.2, 0.25) is 0 Å². The second kappa shape index (κ2) is 9.98. The fraction of sp³-hybridized carbons (Fsp3) is 0.227. The molecular formula is C22H22N2O5S. The maximum atomic E-state index is 12.7. The van der Waals surface area contributed by atoms with Crippen LogP contribution < -0.4 is 15.2 Å². The van der Waals surface area contributed by atoms with Gasteiger partial charge in [-0.1, -0.05) is 36.4 Å². The van der Waals surface area contributed by atoms with E-state index in [1.165, 1.54) is 4.90 Å². The van der Waals surface area contributed by atoms with E-state index in [4.69, 9.17) is 15.2 Å². The molecule has 3 amide bonds. The summed E-state index contributed by atoms with van der Waals surface area (Å²) in [6, 6.07) is 14.8. The summed E-state index contributed by atoms with van der Waals surface area (Å²) >= 11 is 0.915. The number of ether oxygens (including phenoxy) is 2. The van der Waals surface area contributed by atoms with Crippen molar-refractivity contribution >= 4 is 34.9 Å². The first kappa shape index (κ1) is 21.4. The van der Waals surface area contributed by atoms with E-state index in [9.17, 15) is 14.4 Å². The highest BCUT2D eigenvalue weighted by Crippen LogP contribution is 2.34. The van der Waals surface area contributed by atoms with Crippen molar-refractivity contribution in [3.05, 3.63) is 64.6 Å². The molecule has 1 fully saturated rings. The van der Waals surface area contributed by atoms with Crippen LogP contribution in [0.2, 0.25) is 0 Å². The van der Waals surface area contributed by atoms with E-state index in [0.29, 0.717) is 41.5 Å². The maximum Gasteiger partial charge on any atom is 0.293 e. The van der Waals surface area contributed by atoms with Crippen molar-refractivity contribution in [3.63, 3.8) is 0 Å². The SMILES string of the molecule is CCOc1cc(/C=C2\SC(=O)N(CCc3ccccc3)C2=O)ccc1OCC(N)=O. The van der Waals surface area contributed by atoms with Crippen LogP contribution in [-0.2, 0) is 16.0 Å². The number of thioether (sulfide) groups is 1. The van der Waals surface area contributed by atoms with Crippen molar-refractivity contribution < 1.29 is 23.9 Å². The summed E-state index contributed by atoms with van der Waals surface area (Å²) in [5.41, 5.74) is 6.86. The van der Waals surface area contributed by atoms with Crippen LogP contribution in [0.5, 0.6) is 11.5 Å². The number of nitrogens with two attached hydrogens (primary N) is 1. The van der Waals surface area contributed by atoms with Crippen LogP contribution >= 0.6 is 11.8 Å². The normalized spacial score (nSPS) is 15.0. The summed E-state index contributed by atoms with van der Waals surface area (Å²) in [7, 11) is 0. The number of carbonyl (C=O) groups is 3. The Morgan fingerprint density at radius 3 is 2.57 bits per heavy atom. The second-order valence-corrected chi connectivity index (χ2v) is 7.46. The number of amides is 3. The van der Waals surface area contributed by atoms with Gasteiger partial charge in [0, 0.05) is 6.54 Å². The molecule has 0 aromatic heterocycles. The number of rotatable bonds is 9. The molecule has 0 aliphatic carbocycles. The van der Waals surface area contributed by atoms with Gasteiger partial charge in [-0.2, -0.15) is 0 Å². The molecule has 3 rings (SSSR count). The fourth-order valence-electron chi connectivity index (χ4n) is 2.88. The minimum Gasteiger partial charge on any atom is -0.490 e. The topological polar surface area (TPSA) is 98.9 Å². The van der Waals surface area contributed by atoms with Gasteiger partial charge >= 0.3 is 0 Å². The third-order valence-corrected chi connectivity index (χ3v) is 5.18. The third-order valence-electron chi connectivity index (χ3n) is 4.28. The van der Waals surface area contributed by atoms with Gasteiger partial charge in [-0.05, 0) is 54.4 Å². The Hall–Kier alpha value is -3.26. The first-order chi connectivity index (χ1) is 14.5. The van der Waals surface area contributed by atoms with Crippen LogP contribution in [0.3, 0.4) is 0 Å². The molecule has 0 bridgehead atoms. The molecule has 1 aliphatic rings. The smallest absolute Gasteiger partial charge is 0.293 e. The molecule has 0 radical (unpaired) electrons. The van der Waals surface area contributed by atoms with Gasteiger partial charge in [-0.3, -0.25) is 19.3 Å². The van der Waals surface area contributed by atoms with E-state index in [-0.39, 0.29) is 17.8 Å². The molecule has 8 heteroatoms. The molecule has 7 nitrogen and oxygen atoms in total. The molecule has 2 N–H and O–H groups in total. The highest BCUT2D eigenvalue weighted by Gasteiger charge is 2.34. The number of primary amides is 1. The van der Waals surface area contributed by atoms with Crippen molar-refractivity contribution in [2.24, 2.45) is 5.73 Å². The molecule has 1 heterocycles. The van der Waals surface area contributed by atoms with Gasteiger partial charge in [-0.15, -0.1) is 0 Å². The molecule has 0 saturated carbocycles. The third kappa shape index (κ3) is 5.42. The lowest BCUT2D eigenvalue weighted by Crippen LogP contribution is -2.30. The molecule has 1 aliphatic heterocycles. The van der Waals surface area contributed by atoms with E-state index in [0.717, 1.165) is 17.3 Å². The highest BCUT2D eigenvalue weighted by atomic mass is 32.2. The molecule has 2 aromatic rings. The summed E-state index contributed by atoms with van der Waals surface area (Å²) in [6.07, 6.45) is 2.25. The average Bonchev–Trinajstić information content (AvgIpc) is 2.99. The van der Waals surface area contributed by atoms with E-state index < -0.39 is 5.91 Å². The minimum absolute atomic E-state index is 0.264. The fourth-order valence-corrected chi connectivity index (χ4v) is 3.75. The number of carbonyl (C=O) groups excluding carboxylic acids is 3. The number of nitrogens with zero attached hydrogens (tertiary/aromatic N) is 1. The number of hydrogen-bond acceptors (Lipinski definition) is 6. The monoisotopic (exact) mass is 426 g/mol. The van der Waals surface area contributed by atoms with E-state index >= 15 is 0 Å². The maximum absolute atomic E-state index is 12.7. The van der Waals surface area contributed by atoms with Crippen molar-refractivity contribution in [2.45, 2.75) is 13.3 Å². The standard InChI is InChI=1S/C22H22N2O5S/c1-2-28-18-12-16(8-9-17(18)29-14-20(23)25)13-19-21(26)24(22(27)30-19)11-10-15-6-4-3-5-7-15/h3-9,12-13H,2,10-11,14H2,1H3,(H2,23,25)/b19-13-. The quantitative estimate of drug-likeness (QED) is 0.618. The minimum atomic E-state index is -0.592. The van der Waals surface area contributed by atoms with Crippen LogP contribution in [0.4, 0.5) is 4.79 Å². The molecular weight excluding hydrogens is 404 g/mol. The first-order valence-corrected chi connectivity index (χ1v) is 10.3. The van der Waals surface area contributed by atoms with Gasteiger partial charge < -0.3 is 15.2 Å². The predicted molar refractivity (Wildman–Crippen MR) is 115 cm³/mol. The Labute approximate surface area is 178 Å².